The van der Waals surface area contributed by atoms with Gasteiger partial charge in [-0.25, -0.2) is 0 Å². The molecule has 0 aliphatic carbocycles. The van der Waals surface area contributed by atoms with Crippen LogP contribution in [-0.4, -0.2) is 36.0 Å². The Morgan fingerprint density at radius 3 is 2.94 bits per heavy atom. The smallest absolute Gasteiger partial charge is 0.255 e. The Hall–Kier alpha value is -0.140. The van der Waals surface area contributed by atoms with Crippen LogP contribution in [0.2, 0.25) is 0 Å². The Morgan fingerprint density at radius 2 is 2.44 bits per heavy atom. The molecule has 0 bridgehead atoms. The Kier molecular flexibility index (Phi) is 5.03. The summed E-state index contributed by atoms with van der Waals surface area (Å²) in [4.78, 5) is 14.5. The maximum absolute atomic E-state index is 12.5. The van der Waals surface area contributed by atoms with Crippen LogP contribution in [0.4, 0.5) is 0 Å². The van der Waals surface area contributed by atoms with Crippen molar-refractivity contribution in [2.45, 2.75) is 38.8 Å². The van der Waals surface area contributed by atoms with Gasteiger partial charge >= 0.3 is 0 Å². The molecule has 1 aliphatic heterocycles. The fraction of sp³-hybridized carbons (Fsp3) is 0.615. The topological polar surface area (TPSA) is 32.3 Å². The fourth-order valence-electron chi connectivity index (χ4n) is 2.27. The first kappa shape index (κ1) is 14.3. The third-order valence-corrected chi connectivity index (χ3v) is 5.07. The number of thiophene rings is 1. The molecule has 0 spiro atoms. The molecule has 18 heavy (non-hydrogen) atoms. The number of halogens is 1. The summed E-state index contributed by atoms with van der Waals surface area (Å²) in [5, 5.41) is 5.42. The molecule has 1 unspecified atom stereocenters. The number of carbonyl (C=O) groups is 1. The number of carbonyl (C=O) groups excluding carboxylic acids is 1. The summed E-state index contributed by atoms with van der Waals surface area (Å²) in [6, 6.07) is 2.69. The van der Waals surface area contributed by atoms with E-state index in [0.717, 1.165) is 18.7 Å². The SMILES string of the molecule is CC(C)N(CC1CCCN1)C(=O)c1csc(I)c1. The normalized spacial score (nSPS) is 19.4. The summed E-state index contributed by atoms with van der Waals surface area (Å²) < 4.78 is 1.17. The fourth-order valence-corrected chi connectivity index (χ4v) is 3.59. The lowest BCUT2D eigenvalue weighted by Crippen LogP contribution is -2.44. The average Bonchev–Trinajstić information content (AvgIpc) is 2.95. The van der Waals surface area contributed by atoms with Crippen molar-refractivity contribution in [2.24, 2.45) is 0 Å². The van der Waals surface area contributed by atoms with Crippen LogP contribution in [0.15, 0.2) is 11.4 Å². The van der Waals surface area contributed by atoms with Crippen molar-refractivity contribution in [3.8, 4) is 0 Å². The van der Waals surface area contributed by atoms with Crippen LogP contribution < -0.4 is 5.32 Å². The molecule has 0 radical (unpaired) electrons. The van der Waals surface area contributed by atoms with Crippen molar-refractivity contribution in [1.82, 2.24) is 10.2 Å². The van der Waals surface area contributed by atoms with Gasteiger partial charge in [-0.05, 0) is 61.9 Å². The zero-order valence-corrected chi connectivity index (χ0v) is 13.8. The third kappa shape index (κ3) is 3.45. The molecule has 0 saturated carbocycles. The highest BCUT2D eigenvalue weighted by Crippen LogP contribution is 2.20. The zero-order chi connectivity index (χ0) is 13.1. The Bertz CT molecular complexity index is 413. The molecule has 1 saturated heterocycles. The molecule has 100 valence electrons. The van der Waals surface area contributed by atoms with E-state index in [1.807, 2.05) is 16.3 Å². The molecule has 1 aromatic rings. The largest absolute Gasteiger partial charge is 0.335 e. The van der Waals surface area contributed by atoms with E-state index in [1.165, 1.54) is 15.7 Å². The lowest BCUT2D eigenvalue weighted by Gasteiger charge is -2.29. The van der Waals surface area contributed by atoms with Gasteiger partial charge in [0.05, 0.1) is 8.45 Å². The van der Waals surface area contributed by atoms with Gasteiger partial charge in [0.25, 0.3) is 5.91 Å². The standard InChI is InChI=1S/C13H19IN2OS/c1-9(2)16(7-11-4-3-5-15-11)13(17)10-6-12(14)18-8-10/h6,8-9,11,15H,3-5,7H2,1-2H3. The molecule has 3 nitrogen and oxygen atoms in total. The lowest BCUT2D eigenvalue weighted by atomic mass is 10.1. The van der Waals surface area contributed by atoms with Gasteiger partial charge in [-0.2, -0.15) is 0 Å². The van der Waals surface area contributed by atoms with Gasteiger partial charge in [-0.3, -0.25) is 4.79 Å². The van der Waals surface area contributed by atoms with E-state index in [0.29, 0.717) is 6.04 Å². The lowest BCUT2D eigenvalue weighted by molar-refractivity contribution is 0.0689. The van der Waals surface area contributed by atoms with E-state index in [9.17, 15) is 4.79 Å². The maximum atomic E-state index is 12.5. The summed E-state index contributed by atoms with van der Waals surface area (Å²) in [6.45, 7) is 6.08. The van der Waals surface area contributed by atoms with Crippen LogP contribution in [0, 0.1) is 2.88 Å². The Labute approximate surface area is 126 Å². The average molecular weight is 378 g/mol. The number of rotatable bonds is 4. The van der Waals surface area contributed by atoms with Crippen molar-refractivity contribution in [1.29, 1.82) is 0 Å². The van der Waals surface area contributed by atoms with Gasteiger partial charge in [-0.15, -0.1) is 11.3 Å². The van der Waals surface area contributed by atoms with Gasteiger partial charge in [0.15, 0.2) is 0 Å². The van der Waals surface area contributed by atoms with Crippen molar-refractivity contribution in [2.75, 3.05) is 13.1 Å². The molecule has 1 amide bonds. The van der Waals surface area contributed by atoms with E-state index < -0.39 is 0 Å². The van der Waals surface area contributed by atoms with E-state index in [1.54, 1.807) is 11.3 Å². The maximum Gasteiger partial charge on any atom is 0.255 e. The van der Waals surface area contributed by atoms with Crippen LogP contribution in [0.1, 0.15) is 37.0 Å². The van der Waals surface area contributed by atoms with Gasteiger partial charge in [0.1, 0.15) is 0 Å². The zero-order valence-electron chi connectivity index (χ0n) is 10.8. The second kappa shape index (κ2) is 6.34. The second-order valence-electron chi connectivity index (χ2n) is 4.98. The summed E-state index contributed by atoms with van der Waals surface area (Å²) >= 11 is 3.89. The van der Waals surface area contributed by atoms with Gasteiger partial charge < -0.3 is 10.2 Å². The van der Waals surface area contributed by atoms with Crippen LogP contribution >= 0.6 is 33.9 Å². The van der Waals surface area contributed by atoms with E-state index in [2.05, 4.69) is 41.8 Å². The van der Waals surface area contributed by atoms with Crippen LogP contribution in [0.3, 0.4) is 0 Å². The minimum Gasteiger partial charge on any atom is -0.335 e. The van der Waals surface area contributed by atoms with Crippen molar-refractivity contribution >= 4 is 39.8 Å². The number of amides is 1. The summed E-state index contributed by atoms with van der Waals surface area (Å²) in [5.74, 6) is 0.165. The highest BCUT2D eigenvalue weighted by atomic mass is 127. The number of nitrogens with zero attached hydrogens (tertiary/aromatic N) is 1. The van der Waals surface area contributed by atoms with Crippen LogP contribution in [-0.2, 0) is 0 Å². The first-order valence-corrected chi connectivity index (χ1v) is 8.32. The Morgan fingerprint density at radius 1 is 1.67 bits per heavy atom. The Balaban J connectivity index is 2.06. The first-order valence-electron chi connectivity index (χ1n) is 6.36. The summed E-state index contributed by atoms with van der Waals surface area (Å²) in [7, 11) is 0. The predicted molar refractivity (Wildman–Crippen MR) is 84.2 cm³/mol. The number of hydrogen-bond donors (Lipinski definition) is 1. The molecule has 1 N–H and O–H groups in total. The summed E-state index contributed by atoms with van der Waals surface area (Å²) in [5.41, 5.74) is 0.830. The highest BCUT2D eigenvalue weighted by molar-refractivity contribution is 14.1. The van der Waals surface area contributed by atoms with E-state index >= 15 is 0 Å². The quantitative estimate of drug-likeness (QED) is 0.818. The van der Waals surface area contributed by atoms with Crippen LogP contribution in [0.25, 0.3) is 0 Å². The third-order valence-electron chi connectivity index (χ3n) is 3.28. The van der Waals surface area contributed by atoms with Gasteiger partial charge in [0.2, 0.25) is 0 Å². The number of hydrogen-bond acceptors (Lipinski definition) is 3. The van der Waals surface area contributed by atoms with Gasteiger partial charge in [0, 0.05) is 24.0 Å². The molecule has 1 atom stereocenters. The van der Waals surface area contributed by atoms with E-state index in [-0.39, 0.29) is 11.9 Å². The molecule has 2 heterocycles. The van der Waals surface area contributed by atoms with E-state index in [4.69, 9.17) is 0 Å². The molecule has 1 aromatic heterocycles. The molecule has 2 rings (SSSR count). The first-order chi connectivity index (χ1) is 8.58. The van der Waals surface area contributed by atoms with Crippen molar-refractivity contribution in [3.05, 3.63) is 19.9 Å². The van der Waals surface area contributed by atoms with Crippen LogP contribution in [0.5, 0.6) is 0 Å². The minimum absolute atomic E-state index is 0.165. The molecule has 5 heteroatoms. The van der Waals surface area contributed by atoms with Crippen molar-refractivity contribution in [3.63, 3.8) is 0 Å². The molecule has 1 aliphatic rings. The molecular formula is C13H19IN2OS. The van der Waals surface area contributed by atoms with Crippen molar-refractivity contribution < 1.29 is 4.79 Å². The monoisotopic (exact) mass is 378 g/mol. The molecule has 1 fully saturated rings. The predicted octanol–water partition coefficient (Wildman–Crippen LogP) is 2.96. The number of nitrogens with one attached hydrogen (secondary N) is 1. The molecule has 0 aromatic carbocycles. The highest BCUT2D eigenvalue weighted by Gasteiger charge is 2.24. The second-order valence-corrected chi connectivity index (χ2v) is 7.79. The molecular weight excluding hydrogens is 359 g/mol. The summed E-state index contributed by atoms with van der Waals surface area (Å²) in [6.07, 6.45) is 2.40. The minimum atomic E-state index is 0.165. The van der Waals surface area contributed by atoms with Gasteiger partial charge in [-0.1, -0.05) is 0 Å².